The number of primary amides is 1. The van der Waals surface area contributed by atoms with Crippen molar-refractivity contribution < 1.29 is 9.59 Å². The van der Waals surface area contributed by atoms with E-state index in [0.717, 1.165) is 15.1 Å². The van der Waals surface area contributed by atoms with Crippen molar-refractivity contribution in [1.82, 2.24) is 0 Å². The van der Waals surface area contributed by atoms with Crippen molar-refractivity contribution in [2.45, 2.75) is 0 Å². The molecule has 2 aromatic rings. The van der Waals surface area contributed by atoms with Crippen LogP contribution in [-0.2, 0) is 4.79 Å². The number of nitrogens with zero attached hydrogens (tertiary/aromatic N) is 1. The van der Waals surface area contributed by atoms with Crippen LogP contribution in [0.15, 0.2) is 15.9 Å². The summed E-state index contributed by atoms with van der Waals surface area (Å²) in [4.78, 5) is 24.0. The van der Waals surface area contributed by atoms with Crippen molar-refractivity contribution in [2.75, 3.05) is 17.6 Å². The molecule has 0 saturated carbocycles. The molecule has 0 unspecified atom stereocenters. The highest BCUT2D eigenvalue weighted by Crippen LogP contribution is 2.37. The topological polar surface area (TPSA) is 122 Å². The number of hydrogen-bond donors (Lipinski definition) is 3. The SMILES string of the molecule is N#Cc1c(NCC(N)=O)sc(C(=O)c2ccc(Br)s2)c1N. The van der Waals surface area contributed by atoms with Gasteiger partial charge in [-0.25, -0.2) is 0 Å². The van der Waals surface area contributed by atoms with Gasteiger partial charge < -0.3 is 16.8 Å². The van der Waals surface area contributed by atoms with Crippen molar-refractivity contribution in [3.05, 3.63) is 31.2 Å². The smallest absolute Gasteiger partial charge is 0.236 e. The second kappa shape index (κ2) is 6.26. The van der Waals surface area contributed by atoms with Gasteiger partial charge in [0.15, 0.2) is 0 Å². The molecule has 0 radical (unpaired) electrons. The van der Waals surface area contributed by atoms with E-state index in [2.05, 4.69) is 21.2 Å². The van der Waals surface area contributed by atoms with Crippen LogP contribution in [0, 0.1) is 11.3 Å². The number of thiophene rings is 2. The molecule has 0 spiro atoms. The molecule has 2 heterocycles. The fourth-order valence-corrected chi connectivity index (χ4v) is 3.98. The summed E-state index contributed by atoms with van der Waals surface area (Å²) in [5.74, 6) is -0.822. The maximum atomic E-state index is 12.4. The molecule has 108 valence electrons. The third-order valence-corrected chi connectivity index (χ3v) is 5.27. The number of hydrogen-bond acceptors (Lipinski definition) is 7. The van der Waals surface area contributed by atoms with Crippen LogP contribution in [0.3, 0.4) is 0 Å². The molecule has 6 nitrogen and oxygen atoms in total. The lowest BCUT2D eigenvalue weighted by Gasteiger charge is -1.99. The number of nitrogens with one attached hydrogen (secondary N) is 1. The fraction of sp³-hybridized carbons (Fsp3) is 0.0833. The Hall–Kier alpha value is -1.89. The van der Waals surface area contributed by atoms with E-state index in [4.69, 9.17) is 16.7 Å². The highest BCUT2D eigenvalue weighted by atomic mass is 79.9. The molecule has 9 heteroatoms. The Morgan fingerprint density at radius 2 is 2.10 bits per heavy atom. The molecule has 1 amide bonds. The Morgan fingerprint density at radius 3 is 2.62 bits per heavy atom. The summed E-state index contributed by atoms with van der Waals surface area (Å²) in [6, 6.07) is 5.37. The Kier molecular flexibility index (Phi) is 4.62. The summed E-state index contributed by atoms with van der Waals surface area (Å²) in [5.41, 5.74) is 11.2. The van der Waals surface area contributed by atoms with Gasteiger partial charge in [-0.2, -0.15) is 5.26 Å². The van der Waals surface area contributed by atoms with E-state index >= 15 is 0 Å². The van der Waals surface area contributed by atoms with Crippen LogP contribution >= 0.6 is 38.6 Å². The van der Waals surface area contributed by atoms with Gasteiger partial charge in [-0.3, -0.25) is 9.59 Å². The van der Waals surface area contributed by atoms with Crippen molar-refractivity contribution in [1.29, 1.82) is 5.26 Å². The Labute approximate surface area is 136 Å². The number of nitrogen functional groups attached to an aromatic ring is 1. The van der Waals surface area contributed by atoms with Crippen LogP contribution in [0.2, 0.25) is 0 Å². The molecule has 0 aromatic carbocycles. The molecule has 0 bridgehead atoms. The first-order valence-electron chi connectivity index (χ1n) is 5.58. The quantitative estimate of drug-likeness (QED) is 0.681. The normalized spacial score (nSPS) is 10.1. The largest absolute Gasteiger partial charge is 0.396 e. The third-order valence-electron chi connectivity index (χ3n) is 2.48. The van der Waals surface area contributed by atoms with E-state index in [1.807, 2.05) is 6.07 Å². The number of rotatable bonds is 5. The molecule has 21 heavy (non-hydrogen) atoms. The van der Waals surface area contributed by atoms with Crippen molar-refractivity contribution in [3.63, 3.8) is 0 Å². The maximum Gasteiger partial charge on any atom is 0.236 e. The summed E-state index contributed by atoms with van der Waals surface area (Å²) in [6.07, 6.45) is 0. The molecule has 0 aliphatic heterocycles. The van der Waals surface area contributed by atoms with Crippen LogP contribution in [0.25, 0.3) is 0 Å². The zero-order chi connectivity index (χ0) is 15.6. The number of nitrogens with two attached hydrogens (primary N) is 2. The van der Waals surface area contributed by atoms with Gasteiger partial charge in [0.1, 0.15) is 21.5 Å². The minimum absolute atomic E-state index is 0.115. The van der Waals surface area contributed by atoms with E-state index < -0.39 is 5.91 Å². The van der Waals surface area contributed by atoms with Crippen molar-refractivity contribution in [2.24, 2.45) is 5.73 Å². The van der Waals surface area contributed by atoms with E-state index in [9.17, 15) is 9.59 Å². The number of carbonyl (C=O) groups is 2. The molecule has 5 N–H and O–H groups in total. The molecule has 0 atom stereocenters. The number of nitriles is 1. The van der Waals surface area contributed by atoms with Crippen molar-refractivity contribution >= 4 is 61.0 Å². The number of halogens is 1. The minimum Gasteiger partial charge on any atom is -0.396 e. The van der Waals surface area contributed by atoms with Crippen LogP contribution in [0.5, 0.6) is 0 Å². The lowest BCUT2D eigenvalue weighted by molar-refractivity contribution is -0.116. The standard InChI is InChI=1S/C12H9BrN4O2S2/c13-7-2-1-6(20-7)10(19)11-9(16)5(3-14)12(21-11)17-4-8(15)18/h1-2,17H,4,16H2,(H2,15,18). The number of ketones is 1. The van der Waals surface area contributed by atoms with Gasteiger partial charge in [-0.15, -0.1) is 22.7 Å². The first-order valence-corrected chi connectivity index (χ1v) is 8.01. The highest BCUT2D eigenvalue weighted by Gasteiger charge is 2.23. The Morgan fingerprint density at radius 1 is 1.38 bits per heavy atom. The average molecular weight is 385 g/mol. The van der Waals surface area contributed by atoms with E-state index in [-0.39, 0.29) is 28.5 Å². The zero-order valence-corrected chi connectivity index (χ0v) is 13.7. The van der Waals surface area contributed by atoms with Crippen LogP contribution in [0.1, 0.15) is 20.1 Å². The molecule has 0 fully saturated rings. The maximum absolute atomic E-state index is 12.4. The number of anilines is 2. The molecular weight excluding hydrogens is 376 g/mol. The number of carbonyl (C=O) groups excluding carboxylic acids is 2. The summed E-state index contributed by atoms with van der Waals surface area (Å²) in [6.45, 7) is -0.132. The second-order valence-corrected chi connectivity index (χ2v) is 7.40. The summed E-state index contributed by atoms with van der Waals surface area (Å²) in [5, 5.41) is 12.2. The van der Waals surface area contributed by atoms with Crippen LogP contribution < -0.4 is 16.8 Å². The van der Waals surface area contributed by atoms with Gasteiger partial charge in [0.05, 0.1) is 20.9 Å². The van der Waals surface area contributed by atoms with Crippen LogP contribution in [-0.4, -0.2) is 18.2 Å². The predicted molar refractivity (Wildman–Crippen MR) is 86.6 cm³/mol. The predicted octanol–water partition coefficient (Wildman–Crippen LogP) is 2.15. The van der Waals surface area contributed by atoms with Gasteiger partial charge in [-0.05, 0) is 28.1 Å². The first kappa shape index (κ1) is 15.5. The first-order chi connectivity index (χ1) is 9.93. The lowest BCUT2D eigenvalue weighted by Crippen LogP contribution is -2.21. The monoisotopic (exact) mass is 384 g/mol. The highest BCUT2D eigenvalue weighted by molar-refractivity contribution is 9.11. The molecule has 0 saturated heterocycles. The molecule has 2 rings (SSSR count). The summed E-state index contributed by atoms with van der Waals surface area (Å²) >= 11 is 5.61. The lowest BCUT2D eigenvalue weighted by atomic mass is 10.2. The van der Waals surface area contributed by atoms with Crippen LogP contribution in [0.4, 0.5) is 10.7 Å². The molecule has 0 aliphatic rings. The van der Waals surface area contributed by atoms with Crippen molar-refractivity contribution in [3.8, 4) is 6.07 Å². The Bertz CT molecular complexity index is 760. The molecule has 2 aromatic heterocycles. The fourth-order valence-electron chi connectivity index (χ4n) is 1.56. The van der Waals surface area contributed by atoms with E-state index in [1.54, 1.807) is 12.1 Å². The van der Waals surface area contributed by atoms with Gasteiger partial charge in [-0.1, -0.05) is 0 Å². The molecule has 0 aliphatic carbocycles. The van der Waals surface area contributed by atoms with Gasteiger partial charge >= 0.3 is 0 Å². The van der Waals surface area contributed by atoms with Gasteiger partial charge in [0.2, 0.25) is 11.7 Å². The van der Waals surface area contributed by atoms with Gasteiger partial charge in [0.25, 0.3) is 0 Å². The zero-order valence-electron chi connectivity index (χ0n) is 10.5. The molecular formula is C12H9BrN4O2S2. The Balaban J connectivity index is 2.39. The van der Waals surface area contributed by atoms with Gasteiger partial charge in [0, 0.05) is 0 Å². The summed E-state index contributed by atoms with van der Waals surface area (Å²) in [7, 11) is 0. The third kappa shape index (κ3) is 3.24. The second-order valence-electron chi connectivity index (χ2n) is 3.91. The van der Waals surface area contributed by atoms with E-state index in [1.165, 1.54) is 11.3 Å². The number of amides is 1. The average Bonchev–Trinajstić information content (AvgIpc) is 2.99. The minimum atomic E-state index is -0.569. The summed E-state index contributed by atoms with van der Waals surface area (Å²) < 4.78 is 0.827. The van der Waals surface area contributed by atoms with E-state index in [0.29, 0.717) is 9.88 Å².